The van der Waals surface area contributed by atoms with Crippen LogP contribution in [0.5, 0.6) is 0 Å². The SMILES string of the molecule is COC(=O)[C@H](NC(=O)CCc1nnc2ccc(NCc3ccco3)nn12)C(C)C. The molecule has 10 nitrogen and oxygen atoms in total. The van der Waals surface area contributed by atoms with Crippen molar-refractivity contribution >= 4 is 23.3 Å². The number of fused-ring (bicyclic) bond motifs is 1. The molecular weight excluding hydrogens is 376 g/mol. The first-order chi connectivity index (χ1) is 14.0. The van der Waals surface area contributed by atoms with Crippen LogP contribution in [0.3, 0.4) is 0 Å². The maximum absolute atomic E-state index is 12.3. The summed E-state index contributed by atoms with van der Waals surface area (Å²) in [4.78, 5) is 24.1. The predicted octanol–water partition coefficient (Wildman–Crippen LogP) is 1.58. The number of nitrogens with zero attached hydrogens (tertiary/aromatic N) is 4. The average molecular weight is 400 g/mol. The second-order valence-corrected chi connectivity index (χ2v) is 6.85. The van der Waals surface area contributed by atoms with Crippen LogP contribution >= 0.6 is 0 Å². The van der Waals surface area contributed by atoms with Gasteiger partial charge in [0.15, 0.2) is 11.5 Å². The third-order valence-electron chi connectivity index (χ3n) is 4.37. The first kappa shape index (κ1) is 20.3. The minimum absolute atomic E-state index is 0.0789. The van der Waals surface area contributed by atoms with Crippen LogP contribution in [-0.2, 0) is 27.3 Å². The van der Waals surface area contributed by atoms with E-state index in [9.17, 15) is 9.59 Å². The molecule has 154 valence electrons. The Morgan fingerprint density at radius 3 is 2.76 bits per heavy atom. The van der Waals surface area contributed by atoms with E-state index < -0.39 is 12.0 Å². The average Bonchev–Trinajstić information content (AvgIpc) is 3.37. The molecule has 0 aliphatic heterocycles. The zero-order valence-electron chi connectivity index (χ0n) is 16.6. The highest BCUT2D eigenvalue weighted by Crippen LogP contribution is 2.11. The molecule has 0 unspecified atom stereocenters. The molecule has 0 spiro atoms. The van der Waals surface area contributed by atoms with Crippen LogP contribution in [0.4, 0.5) is 5.82 Å². The molecule has 3 aromatic heterocycles. The summed E-state index contributed by atoms with van der Waals surface area (Å²) in [5, 5.41) is 18.5. The van der Waals surface area contributed by atoms with E-state index in [0.717, 1.165) is 5.76 Å². The highest BCUT2D eigenvalue weighted by atomic mass is 16.5. The van der Waals surface area contributed by atoms with Gasteiger partial charge in [-0.25, -0.2) is 4.79 Å². The minimum atomic E-state index is -0.682. The molecule has 0 radical (unpaired) electrons. The molecule has 29 heavy (non-hydrogen) atoms. The van der Waals surface area contributed by atoms with Gasteiger partial charge in [0.25, 0.3) is 0 Å². The number of hydrogen-bond donors (Lipinski definition) is 2. The van der Waals surface area contributed by atoms with Gasteiger partial charge in [-0.05, 0) is 30.2 Å². The molecule has 0 aliphatic rings. The number of esters is 1. The quantitative estimate of drug-likeness (QED) is 0.519. The Hall–Kier alpha value is -3.43. The van der Waals surface area contributed by atoms with E-state index in [-0.39, 0.29) is 18.2 Å². The fourth-order valence-electron chi connectivity index (χ4n) is 2.77. The molecule has 1 amide bonds. The number of hydrogen-bond acceptors (Lipinski definition) is 8. The van der Waals surface area contributed by atoms with E-state index >= 15 is 0 Å². The molecule has 0 aliphatic carbocycles. The maximum atomic E-state index is 12.3. The molecule has 0 fully saturated rings. The molecule has 3 aromatic rings. The lowest BCUT2D eigenvalue weighted by molar-refractivity contribution is -0.146. The van der Waals surface area contributed by atoms with Crippen LogP contribution in [0.15, 0.2) is 34.9 Å². The summed E-state index contributed by atoms with van der Waals surface area (Å²) in [6, 6.07) is 6.60. The molecule has 0 saturated heterocycles. The van der Waals surface area contributed by atoms with E-state index in [1.165, 1.54) is 7.11 Å². The number of ether oxygens (including phenoxy) is 1. The number of carbonyl (C=O) groups excluding carboxylic acids is 2. The molecule has 2 N–H and O–H groups in total. The number of carbonyl (C=O) groups is 2. The van der Waals surface area contributed by atoms with E-state index in [1.807, 2.05) is 26.0 Å². The van der Waals surface area contributed by atoms with Crippen molar-refractivity contribution in [2.75, 3.05) is 12.4 Å². The topological polar surface area (TPSA) is 124 Å². The molecule has 0 aromatic carbocycles. The third kappa shape index (κ3) is 5.09. The monoisotopic (exact) mass is 400 g/mol. The van der Waals surface area contributed by atoms with E-state index in [2.05, 4.69) is 25.9 Å². The number of anilines is 1. The Morgan fingerprint density at radius 1 is 1.24 bits per heavy atom. The van der Waals surface area contributed by atoms with Crippen molar-refractivity contribution in [2.24, 2.45) is 5.92 Å². The lowest BCUT2D eigenvalue weighted by atomic mass is 10.0. The molecule has 10 heteroatoms. The lowest BCUT2D eigenvalue weighted by Crippen LogP contribution is -2.45. The minimum Gasteiger partial charge on any atom is -0.467 e. The molecule has 3 heterocycles. The highest BCUT2D eigenvalue weighted by Gasteiger charge is 2.24. The van der Waals surface area contributed by atoms with Gasteiger partial charge in [0.05, 0.1) is 19.9 Å². The van der Waals surface area contributed by atoms with Gasteiger partial charge in [-0.2, -0.15) is 4.52 Å². The highest BCUT2D eigenvalue weighted by molar-refractivity contribution is 5.84. The fraction of sp³-hybridized carbons (Fsp3) is 0.421. The first-order valence-corrected chi connectivity index (χ1v) is 9.32. The van der Waals surface area contributed by atoms with Gasteiger partial charge in [-0.15, -0.1) is 15.3 Å². The van der Waals surface area contributed by atoms with E-state index in [0.29, 0.717) is 30.3 Å². The van der Waals surface area contributed by atoms with Crippen LogP contribution in [0.2, 0.25) is 0 Å². The number of nitrogens with one attached hydrogen (secondary N) is 2. The normalized spacial score (nSPS) is 12.1. The molecule has 3 rings (SSSR count). The van der Waals surface area contributed by atoms with Crippen LogP contribution in [0.25, 0.3) is 5.65 Å². The van der Waals surface area contributed by atoms with Crippen LogP contribution in [-0.4, -0.2) is 44.8 Å². The smallest absolute Gasteiger partial charge is 0.328 e. The summed E-state index contributed by atoms with van der Waals surface area (Å²) in [6.07, 6.45) is 2.08. The van der Waals surface area contributed by atoms with Crippen molar-refractivity contribution in [1.29, 1.82) is 0 Å². The standard InChI is InChI=1S/C19H24N6O4/c1-12(2)18(19(27)28-3)21-17(26)9-8-16-23-22-15-7-6-14(24-25(15)16)20-11-13-5-4-10-29-13/h4-7,10,12,18H,8-9,11H2,1-3H3,(H,20,24)(H,21,26)/t18-/m1/s1. The summed E-state index contributed by atoms with van der Waals surface area (Å²) in [5.41, 5.74) is 0.582. The summed E-state index contributed by atoms with van der Waals surface area (Å²) in [7, 11) is 1.30. The van der Waals surface area contributed by atoms with Gasteiger partial charge in [0.1, 0.15) is 17.6 Å². The van der Waals surface area contributed by atoms with Gasteiger partial charge < -0.3 is 19.8 Å². The van der Waals surface area contributed by atoms with Crippen molar-refractivity contribution in [2.45, 2.75) is 39.3 Å². The Morgan fingerprint density at radius 2 is 2.07 bits per heavy atom. The largest absolute Gasteiger partial charge is 0.467 e. The number of methoxy groups -OCH3 is 1. The number of rotatable bonds is 9. The van der Waals surface area contributed by atoms with Crippen LogP contribution < -0.4 is 10.6 Å². The van der Waals surface area contributed by atoms with E-state index in [4.69, 9.17) is 9.15 Å². The summed E-state index contributed by atoms with van der Waals surface area (Å²) in [5.74, 6) is 1.16. The Bertz CT molecular complexity index is 966. The Balaban J connectivity index is 1.62. The number of amides is 1. The summed E-state index contributed by atoms with van der Waals surface area (Å²) in [6.45, 7) is 4.18. The zero-order chi connectivity index (χ0) is 20.8. The Labute approximate surface area is 167 Å². The van der Waals surface area contributed by atoms with Gasteiger partial charge in [0.2, 0.25) is 5.91 Å². The van der Waals surface area contributed by atoms with Gasteiger partial charge >= 0.3 is 5.97 Å². The van der Waals surface area contributed by atoms with E-state index in [1.54, 1.807) is 22.9 Å². The molecular formula is C19H24N6O4. The number of aromatic nitrogens is 4. The second kappa shape index (κ2) is 9.18. The summed E-state index contributed by atoms with van der Waals surface area (Å²) >= 11 is 0. The number of aryl methyl sites for hydroxylation is 1. The van der Waals surface area contributed by atoms with Gasteiger partial charge in [-0.3, -0.25) is 4.79 Å². The van der Waals surface area contributed by atoms with Crippen molar-refractivity contribution in [1.82, 2.24) is 25.1 Å². The number of furan rings is 1. The van der Waals surface area contributed by atoms with Crippen molar-refractivity contribution in [3.8, 4) is 0 Å². The second-order valence-electron chi connectivity index (χ2n) is 6.85. The molecule has 0 bridgehead atoms. The Kier molecular flexibility index (Phi) is 6.43. The van der Waals surface area contributed by atoms with Gasteiger partial charge in [-0.1, -0.05) is 13.8 Å². The molecule has 1 atom stereocenters. The third-order valence-corrected chi connectivity index (χ3v) is 4.37. The van der Waals surface area contributed by atoms with Crippen molar-refractivity contribution in [3.05, 3.63) is 42.1 Å². The van der Waals surface area contributed by atoms with Crippen LogP contribution in [0, 0.1) is 5.92 Å². The zero-order valence-corrected chi connectivity index (χ0v) is 16.6. The fourth-order valence-corrected chi connectivity index (χ4v) is 2.77. The molecule has 0 saturated carbocycles. The van der Waals surface area contributed by atoms with Crippen molar-refractivity contribution in [3.63, 3.8) is 0 Å². The first-order valence-electron chi connectivity index (χ1n) is 9.32. The van der Waals surface area contributed by atoms with Gasteiger partial charge in [0, 0.05) is 12.8 Å². The maximum Gasteiger partial charge on any atom is 0.328 e. The lowest BCUT2D eigenvalue weighted by Gasteiger charge is -2.19. The van der Waals surface area contributed by atoms with Crippen molar-refractivity contribution < 1.29 is 18.7 Å². The predicted molar refractivity (Wildman–Crippen MR) is 104 cm³/mol. The van der Waals surface area contributed by atoms with Crippen LogP contribution in [0.1, 0.15) is 31.9 Å². The summed E-state index contributed by atoms with van der Waals surface area (Å²) < 4.78 is 11.6.